The van der Waals surface area contributed by atoms with Gasteiger partial charge in [-0.05, 0) is 51.6 Å². The second-order valence-corrected chi connectivity index (χ2v) is 8.16. The third-order valence-electron chi connectivity index (χ3n) is 4.38. The smallest absolute Gasteiger partial charge is 0.282 e. The van der Waals surface area contributed by atoms with E-state index in [-0.39, 0.29) is 0 Å². The first kappa shape index (κ1) is 16.9. The van der Waals surface area contributed by atoms with E-state index in [1.165, 1.54) is 0 Å². The van der Waals surface area contributed by atoms with Crippen molar-refractivity contribution in [3.05, 3.63) is 11.6 Å². The van der Waals surface area contributed by atoms with E-state index in [4.69, 9.17) is 0 Å². The van der Waals surface area contributed by atoms with Crippen molar-refractivity contribution in [1.29, 1.82) is 0 Å². The molecule has 0 unspecified atom stereocenters. The zero-order chi connectivity index (χ0) is 15.3. The number of piperidine rings is 1. The molecule has 0 aromatic heterocycles. The molecule has 0 radical (unpaired) electrons. The Kier molecular flexibility index (Phi) is 6.22. The Morgan fingerprint density at radius 2 is 1.95 bits per heavy atom. The van der Waals surface area contributed by atoms with Crippen LogP contribution in [-0.2, 0) is 10.2 Å². The SMILES string of the molecule is CCCNCC1CCN(S(=O)(=O)N2CCC=C(C)C2)CC1. The maximum Gasteiger partial charge on any atom is 0.282 e. The normalized spacial score (nSPS) is 23.2. The molecule has 0 atom stereocenters. The fourth-order valence-electron chi connectivity index (χ4n) is 3.06. The van der Waals surface area contributed by atoms with Gasteiger partial charge in [0.25, 0.3) is 10.2 Å². The molecule has 2 rings (SSSR count). The van der Waals surface area contributed by atoms with E-state index in [0.717, 1.165) is 44.3 Å². The Balaban J connectivity index is 1.84. The maximum atomic E-state index is 12.7. The van der Waals surface area contributed by atoms with Crippen LogP contribution in [0.2, 0.25) is 0 Å². The van der Waals surface area contributed by atoms with Gasteiger partial charge in [-0.3, -0.25) is 0 Å². The lowest BCUT2D eigenvalue weighted by Crippen LogP contribution is -2.49. The summed E-state index contributed by atoms with van der Waals surface area (Å²) in [4.78, 5) is 0. The first-order valence-electron chi connectivity index (χ1n) is 8.15. The molecule has 5 nitrogen and oxygen atoms in total. The lowest BCUT2D eigenvalue weighted by atomic mass is 9.98. The van der Waals surface area contributed by atoms with Crippen molar-refractivity contribution in [2.45, 2.75) is 39.5 Å². The van der Waals surface area contributed by atoms with Crippen molar-refractivity contribution < 1.29 is 8.42 Å². The fraction of sp³-hybridized carbons (Fsp3) is 0.867. The minimum Gasteiger partial charge on any atom is -0.316 e. The van der Waals surface area contributed by atoms with Gasteiger partial charge in [-0.25, -0.2) is 0 Å². The van der Waals surface area contributed by atoms with Crippen LogP contribution in [0.3, 0.4) is 0 Å². The highest BCUT2D eigenvalue weighted by molar-refractivity contribution is 7.86. The van der Waals surface area contributed by atoms with E-state index in [9.17, 15) is 8.42 Å². The molecule has 2 aliphatic rings. The molecular formula is C15H29N3O2S. The Labute approximate surface area is 129 Å². The Morgan fingerprint density at radius 3 is 2.57 bits per heavy atom. The van der Waals surface area contributed by atoms with Crippen LogP contribution in [0.15, 0.2) is 11.6 Å². The molecule has 0 aromatic rings. The molecule has 0 amide bonds. The van der Waals surface area contributed by atoms with Gasteiger partial charge in [0.2, 0.25) is 0 Å². The van der Waals surface area contributed by atoms with E-state index < -0.39 is 10.2 Å². The van der Waals surface area contributed by atoms with Gasteiger partial charge in [-0.1, -0.05) is 18.6 Å². The van der Waals surface area contributed by atoms with Gasteiger partial charge in [0.1, 0.15) is 0 Å². The predicted molar refractivity (Wildman–Crippen MR) is 86.3 cm³/mol. The summed E-state index contributed by atoms with van der Waals surface area (Å²) in [6.07, 6.45) is 6.06. The summed E-state index contributed by atoms with van der Waals surface area (Å²) in [5, 5.41) is 3.44. The summed E-state index contributed by atoms with van der Waals surface area (Å²) >= 11 is 0. The van der Waals surface area contributed by atoms with Crippen LogP contribution in [0.5, 0.6) is 0 Å². The van der Waals surface area contributed by atoms with Crippen LogP contribution in [0, 0.1) is 5.92 Å². The molecular weight excluding hydrogens is 286 g/mol. The van der Waals surface area contributed by atoms with Crippen LogP contribution in [0.25, 0.3) is 0 Å². The zero-order valence-electron chi connectivity index (χ0n) is 13.3. The van der Waals surface area contributed by atoms with E-state index in [2.05, 4.69) is 18.3 Å². The van der Waals surface area contributed by atoms with Crippen LogP contribution >= 0.6 is 0 Å². The fourth-order valence-corrected chi connectivity index (χ4v) is 4.77. The summed E-state index contributed by atoms with van der Waals surface area (Å²) in [6.45, 7) is 8.76. The Morgan fingerprint density at radius 1 is 1.24 bits per heavy atom. The highest BCUT2D eigenvalue weighted by Gasteiger charge is 2.33. The second-order valence-electron chi connectivity index (χ2n) is 6.23. The number of nitrogens with zero attached hydrogens (tertiary/aromatic N) is 2. The van der Waals surface area contributed by atoms with Gasteiger partial charge in [0, 0.05) is 26.2 Å². The average molecular weight is 315 g/mol. The minimum absolute atomic E-state index is 0.556. The molecule has 1 saturated heterocycles. The summed E-state index contributed by atoms with van der Waals surface area (Å²) < 4.78 is 28.6. The Hall–Kier alpha value is -0.430. The quantitative estimate of drug-likeness (QED) is 0.598. The molecule has 0 bridgehead atoms. The van der Waals surface area contributed by atoms with Gasteiger partial charge >= 0.3 is 0 Å². The molecule has 21 heavy (non-hydrogen) atoms. The topological polar surface area (TPSA) is 52.7 Å². The zero-order valence-corrected chi connectivity index (χ0v) is 14.2. The summed E-state index contributed by atoms with van der Waals surface area (Å²) in [5.74, 6) is 0.617. The maximum absolute atomic E-state index is 12.7. The van der Waals surface area contributed by atoms with E-state index in [1.54, 1.807) is 8.61 Å². The van der Waals surface area contributed by atoms with E-state index in [1.807, 2.05) is 6.92 Å². The molecule has 2 aliphatic heterocycles. The lowest BCUT2D eigenvalue weighted by molar-refractivity contribution is 0.250. The third kappa shape index (κ3) is 4.52. The predicted octanol–water partition coefficient (Wildman–Crippen LogP) is 1.59. The lowest BCUT2D eigenvalue weighted by Gasteiger charge is -2.36. The first-order chi connectivity index (χ1) is 10.0. The monoisotopic (exact) mass is 315 g/mol. The summed E-state index contributed by atoms with van der Waals surface area (Å²) in [6, 6.07) is 0. The van der Waals surface area contributed by atoms with Gasteiger partial charge < -0.3 is 5.32 Å². The van der Waals surface area contributed by atoms with E-state index in [0.29, 0.717) is 32.1 Å². The van der Waals surface area contributed by atoms with Crippen molar-refractivity contribution in [3.63, 3.8) is 0 Å². The van der Waals surface area contributed by atoms with Crippen LogP contribution in [0.1, 0.15) is 39.5 Å². The van der Waals surface area contributed by atoms with Crippen molar-refractivity contribution >= 4 is 10.2 Å². The second kappa shape index (κ2) is 7.72. The molecule has 0 aliphatic carbocycles. The molecule has 0 spiro atoms. The standard InChI is InChI=1S/C15H29N3O2S/c1-3-8-16-12-15-6-10-17(11-7-15)21(19,20)18-9-4-5-14(2)13-18/h5,15-16H,3-4,6-13H2,1-2H3. The van der Waals surface area contributed by atoms with E-state index >= 15 is 0 Å². The van der Waals surface area contributed by atoms with Crippen molar-refractivity contribution in [1.82, 2.24) is 13.9 Å². The molecule has 0 aromatic carbocycles. The van der Waals surface area contributed by atoms with Gasteiger partial charge in [-0.2, -0.15) is 17.0 Å². The molecule has 6 heteroatoms. The first-order valence-corrected chi connectivity index (χ1v) is 9.55. The van der Waals surface area contributed by atoms with Crippen molar-refractivity contribution in [2.24, 2.45) is 5.92 Å². The number of hydrogen-bond donors (Lipinski definition) is 1. The van der Waals surface area contributed by atoms with Crippen molar-refractivity contribution in [3.8, 4) is 0 Å². The molecule has 0 saturated carbocycles. The van der Waals surface area contributed by atoms with Gasteiger partial charge in [0.15, 0.2) is 0 Å². The third-order valence-corrected chi connectivity index (χ3v) is 6.36. The largest absolute Gasteiger partial charge is 0.316 e. The Bertz CT molecular complexity index is 454. The van der Waals surface area contributed by atoms with Crippen LogP contribution in [-0.4, -0.2) is 56.3 Å². The number of nitrogens with one attached hydrogen (secondary N) is 1. The van der Waals surface area contributed by atoms with Crippen molar-refractivity contribution in [2.75, 3.05) is 39.3 Å². The summed E-state index contributed by atoms with van der Waals surface area (Å²) in [7, 11) is -3.26. The molecule has 1 fully saturated rings. The van der Waals surface area contributed by atoms with Gasteiger partial charge in [0.05, 0.1) is 0 Å². The number of hydrogen-bond acceptors (Lipinski definition) is 3. The van der Waals surface area contributed by atoms with Crippen LogP contribution < -0.4 is 5.32 Å². The van der Waals surface area contributed by atoms with Crippen LogP contribution in [0.4, 0.5) is 0 Å². The van der Waals surface area contributed by atoms with Gasteiger partial charge in [-0.15, -0.1) is 0 Å². The minimum atomic E-state index is -3.26. The number of rotatable bonds is 6. The molecule has 1 N–H and O–H groups in total. The molecule has 2 heterocycles. The average Bonchev–Trinajstić information content (AvgIpc) is 2.48. The highest BCUT2D eigenvalue weighted by atomic mass is 32.2. The molecule has 122 valence electrons. The highest BCUT2D eigenvalue weighted by Crippen LogP contribution is 2.23. The summed E-state index contributed by atoms with van der Waals surface area (Å²) in [5.41, 5.74) is 1.16.